The van der Waals surface area contributed by atoms with Gasteiger partial charge in [-0.25, -0.2) is 0 Å². The lowest BCUT2D eigenvalue weighted by Crippen LogP contribution is -2.50. The zero-order valence-electron chi connectivity index (χ0n) is 17.1. The van der Waals surface area contributed by atoms with Crippen molar-refractivity contribution in [3.63, 3.8) is 0 Å². The monoisotopic (exact) mass is 396 g/mol. The Bertz CT molecular complexity index is 853. The zero-order chi connectivity index (χ0) is 20.8. The van der Waals surface area contributed by atoms with Crippen molar-refractivity contribution >= 4 is 11.8 Å². The van der Waals surface area contributed by atoms with Gasteiger partial charge in [0.05, 0.1) is 12.2 Å². The van der Waals surface area contributed by atoms with Crippen molar-refractivity contribution in [3.05, 3.63) is 59.2 Å². The van der Waals surface area contributed by atoms with Crippen molar-refractivity contribution in [3.8, 4) is 11.5 Å². The van der Waals surface area contributed by atoms with Gasteiger partial charge in [-0.05, 0) is 43.5 Å². The summed E-state index contributed by atoms with van der Waals surface area (Å²) in [6, 6.07) is 12.6. The molecule has 29 heavy (non-hydrogen) atoms. The van der Waals surface area contributed by atoms with Crippen LogP contribution in [-0.4, -0.2) is 59.5 Å². The Balaban J connectivity index is 1.42. The summed E-state index contributed by atoms with van der Waals surface area (Å²) >= 11 is 0. The number of rotatable bonds is 6. The molecule has 1 aliphatic heterocycles. The predicted molar refractivity (Wildman–Crippen MR) is 111 cm³/mol. The fourth-order valence-corrected chi connectivity index (χ4v) is 3.57. The maximum absolute atomic E-state index is 12.5. The van der Waals surface area contributed by atoms with Gasteiger partial charge in [0.15, 0.2) is 0 Å². The minimum Gasteiger partial charge on any atom is -0.507 e. The molecule has 0 saturated carbocycles. The Morgan fingerprint density at radius 3 is 2.21 bits per heavy atom. The number of aryl methyl sites for hydroxylation is 2. The minimum atomic E-state index is -0.197. The Morgan fingerprint density at radius 2 is 1.55 bits per heavy atom. The highest BCUT2D eigenvalue weighted by atomic mass is 16.5. The summed E-state index contributed by atoms with van der Waals surface area (Å²) in [7, 11) is 0. The summed E-state index contributed by atoms with van der Waals surface area (Å²) in [5, 5.41) is 9.86. The third-order valence-electron chi connectivity index (χ3n) is 5.24. The molecule has 6 heteroatoms. The van der Waals surface area contributed by atoms with E-state index >= 15 is 0 Å². The molecule has 2 amide bonds. The van der Waals surface area contributed by atoms with E-state index in [1.165, 1.54) is 6.07 Å². The van der Waals surface area contributed by atoms with E-state index in [4.69, 9.17) is 4.74 Å². The Labute approximate surface area is 171 Å². The fourth-order valence-electron chi connectivity index (χ4n) is 3.57. The molecule has 0 radical (unpaired) electrons. The summed E-state index contributed by atoms with van der Waals surface area (Å²) in [5.74, 6) is 0.776. The molecule has 2 aromatic rings. The Kier molecular flexibility index (Phi) is 6.75. The molecule has 1 N–H and O–H groups in total. The van der Waals surface area contributed by atoms with E-state index < -0.39 is 0 Å². The fraction of sp³-hybridized carbons (Fsp3) is 0.391. The van der Waals surface area contributed by atoms with Crippen LogP contribution in [0.15, 0.2) is 42.5 Å². The highest BCUT2D eigenvalue weighted by Crippen LogP contribution is 2.23. The average molecular weight is 396 g/mol. The zero-order valence-corrected chi connectivity index (χ0v) is 17.1. The van der Waals surface area contributed by atoms with Crippen LogP contribution in [-0.2, 0) is 4.79 Å². The molecule has 0 unspecified atom stereocenters. The van der Waals surface area contributed by atoms with E-state index in [0.717, 1.165) is 16.9 Å². The van der Waals surface area contributed by atoms with Crippen molar-refractivity contribution < 1.29 is 19.4 Å². The largest absolute Gasteiger partial charge is 0.507 e. The number of ether oxygens (including phenoxy) is 1. The smallest absolute Gasteiger partial charge is 0.257 e. The first kappa shape index (κ1) is 20.7. The molecule has 1 fully saturated rings. The van der Waals surface area contributed by atoms with Crippen LogP contribution in [0.1, 0.15) is 34.3 Å². The molecular formula is C23H28N2O4. The number of nitrogens with zero attached hydrogens (tertiary/aromatic N) is 2. The second-order valence-electron chi connectivity index (χ2n) is 7.36. The van der Waals surface area contributed by atoms with E-state index in [1.807, 2.05) is 32.0 Å². The number of phenols is 1. The molecule has 1 saturated heterocycles. The number of hydrogen-bond donors (Lipinski definition) is 1. The van der Waals surface area contributed by atoms with Crippen LogP contribution in [0.4, 0.5) is 0 Å². The molecule has 0 aliphatic carbocycles. The summed E-state index contributed by atoms with van der Waals surface area (Å²) in [6.45, 7) is 6.50. The van der Waals surface area contributed by atoms with Gasteiger partial charge >= 0.3 is 0 Å². The van der Waals surface area contributed by atoms with Crippen LogP contribution in [0.25, 0.3) is 0 Å². The number of para-hydroxylation sites is 2. The van der Waals surface area contributed by atoms with E-state index in [-0.39, 0.29) is 17.6 Å². The summed E-state index contributed by atoms with van der Waals surface area (Å²) in [4.78, 5) is 28.5. The number of piperazine rings is 1. The lowest BCUT2D eigenvalue weighted by Gasteiger charge is -2.35. The van der Waals surface area contributed by atoms with Gasteiger partial charge < -0.3 is 19.6 Å². The lowest BCUT2D eigenvalue weighted by atomic mass is 10.1. The summed E-state index contributed by atoms with van der Waals surface area (Å²) in [5.41, 5.74) is 2.50. The molecule has 0 atom stereocenters. The molecule has 0 spiro atoms. The number of benzene rings is 2. The van der Waals surface area contributed by atoms with Crippen molar-refractivity contribution in [1.29, 1.82) is 0 Å². The first-order chi connectivity index (χ1) is 14.0. The maximum atomic E-state index is 12.5. The number of amides is 2. The summed E-state index contributed by atoms with van der Waals surface area (Å²) < 4.78 is 5.87. The number of aromatic hydroxyl groups is 1. The van der Waals surface area contributed by atoms with Gasteiger partial charge in [-0.2, -0.15) is 0 Å². The van der Waals surface area contributed by atoms with Crippen LogP contribution in [0.2, 0.25) is 0 Å². The highest BCUT2D eigenvalue weighted by Gasteiger charge is 2.25. The normalized spacial score (nSPS) is 14.0. The van der Waals surface area contributed by atoms with Gasteiger partial charge in [0.1, 0.15) is 11.5 Å². The van der Waals surface area contributed by atoms with Crippen molar-refractivity contribution in [2.75, 3.05) is 32.8 Å². The molecular weight excluding hydrogens is 368 g/mol. The third kappa shape index (κ3) is 5.08. The second kappa shape index (κ2) is 9.45. The van der Waals surface area contributed by atoms with Crippen LogP contribution in [0.3, 0.4) is 0 Å². The van der Waals surface area contributed by atoms with E-state index in [2.05, 4.69) is 0 Å². The number of carbonyl (C=O) groups is 2. The van der Waals surface area contributed by atoms with Crippen molar-refractivity contribution in [2.24, 2.45) is 0 Å². The Hall–Kier alpha value is -3.02. The van der Waals surface area contributed by atoms with Gasteiger partial charge in [0.2, 0.25) is 5.91 Å². The van der Waals surface area contributed by atoms with Gasteiger partial charge in [-0.15, -0.1) is 0 Å². The SMILES string of the molecule is Cc1cccc(C)c1OCCCC(=O)N1CCN(C(=O)c2ccccc2O)CC1. The van der Waals surface area contributed by atoms with Gasteiger partial charge in [-0.1, -0.05) is 30.3 Å². The predicted octanol–water partition coefficient (Wildman–Crippen LogP) is 3.15. The van der Waals surface area contributed by atoms with E-state index in [1.54, 1.807) is 28.0 Å². The van der Waals surface area contributed by atoms with Crippen LogP contribution in [0.5, 0.6) is 11.5 Å². The Morgan fingerprint density at radius 1 is 0.931 bits per heavy atom. The molecule has 3 rings (SSSR count). The van der Waals surface area contributed by atoms with Crippen LogP contribution < -0.4 is 4.74 Å². The van der Waals surface area contributed by atoms with Gasteiger partial charge in [-0.3, -0.25) is 9.59 Å². The average Bonchev–Trinajstić information content (AvgIpc) is 2.72. The molecule has 2 aromatic carbocycles. The first-order valence-electron chi connectivity index (χ1n) is 10.0. The third-order valence-corrected chi connectivity index (χ3v) is 5.24. The minimum absolute atomic E-state index is 0.0140. The summed E-state index contributed by atoms with van der Waals surface area (Å²) in [6.07, 6.45) is 1.09. The lowest BCUT2D eigenvalue weighted by molar-refractivity contribution is -0.132. The highest BCUT2D eigenvalue weighted by molar-refractivity contribution is 5.97. The van der Waals surface area contributed by atoms with Gasteiger partial charge in [0.25, 0.3) is 5.91 Å². The van der Waals surface area contributed by atoms with Crippen LogP contribution in [0, 0.1) is 13.8 Å². The standard InChI is InChI=1S/C23H28N2O4/c1-17-7-5-8-18(2)22(17)29-16-6-11-21(27)24-12-14-25(15-13-24)23(28)19-9-3-4-10-20(19)26/h3-5,7-10,26H,6,11-16H2,1-2H3. The molecule has 0 aromatic heterocycles. The van der Waals surface area contributed by atoms with Crippen molar-refractivity contribution in [1.82, 2.24) is 9.80 Å². The van der Waals surface area contributed by atoms with E-state index in [0.29, 0.717) is 51.2 Å². The number of carbonyl (C=O) groups excluding carboxylic acids is 2. The molecule has 154 valence electrons. The topological polar surface area (TPSA) is 70.1 Å². The molecule has 1 heterocycles. The number of phenolic OH excluding ortho intramolecular Hbond substituents is 1. The molecule has 6 nitrogen and oxygen atoms in total. The molecule has 1 aliphatic rings. The number of hydrogen-bond acceptors (Lipinski definition) is 4. The first-order valence-corrected chi connectivity index (χ1v) is 10.0. The van der Waals surface area contributed by atoms with Crippen LogP contribution >= 0.6 is 0 Å². The second-order valence-corrected chi connectivity index (χ2v) is 7.36. The van der Waals surface area contributed by atoms with E-state index in [9.17, 15) is 14.7 Å². The quantitative estimate of drug-likeness (QED) is 0.762. The van der Waals surface area contributed by atoms with Gasteiger partial charge in [0, 0.05) is 32.6 Å². The molecule has 0 bridgehead atoms. The van der Waals surface area contributed by atoms with Crippen molar-refractivity contribution in [2.45, 2.75) is 26.7 Å². The maximum Gasteiger partial charge on any atom is 0.257 e.